The lowest BCUT2D eigenvalue weighted by Crippen LogP contribution is -2.57. The molecule has 1 saturated carbocycles. The number of benzene rings is 1. The van der Waals surface area contributed by atoms with Gasteiger partial charge in [0, 0.05) is 31.9 Å². The minimum Gasteiger partial charge on any atom is -0.339 e. The van der Waals surface area contributed by atoms with Gasteiger partial charge < -0.3 is 9.80 Å². The minimum absolute atomic E-state index is 0.0145. The van der Waals surface area contributed by atoms with Crippen molar-refractivity contribution in [2.45, 2.75) is 56.9 Å². The van der Waals surface area contributed by atoms with Crippen LogP contribution in [0.15, 0.2) is 54.7 Å². The van der Waals surface area contributed by atoms with E-state index in [4.69, 9.17) is 0 Å². The van der Waals surface area contributed by atoms with Crippen LogP contribution in [-0.2, 0) is 4.79 Å². The van der Waals surface area contributed by atoms with E-state index in [2.05, 4.69) is 34.1 Å². The normalized spacial score (nSPS) is 24.8. The van der Waals surface area contributed by atoms with Crippen molar-refractivity contribution < 1.29 is 9.59 Å². The number of hydrogen-bond donors (Lipinski definition) is 0. The van der Waals surface area contributed by atoms with Gasteiger partial charge in [-0.05, 0) is 61.6 Å². The fourth-order valence-electron chi connectivity index (χ4n) is 6.26. The van der Waals surface area contributed by atoms with Crippen LogP contribution in [-0.4, -0.2) is 52.3 Å². The van der Waals surface area contributed by atoms with Crippen molar-refractivity contribution in [3.63, 3.8) is 0 Å². The largest absolute Gasteiger partial charge is 0.339 e. The molecule has 0 spiro atoms. The van der Waals surface area contributed by atoms with Crippen LogP contribution in [0.2, 0.25) is 0 Å². The Labute approximate surface area is 190 Å². The number of hydrogen-bond acceptors (Lipinski definition) is 3. The molecule has 3 aliphatic rings. The van der Waals surface area contributed by atoms with Gasteiger partial charge in [0.2, 0.25) is 5.91 Å². The number of pyridine rings is 1. The van der Waals surface area contributed by atoms with E-state index in [9.17, 15) is 9.59 Å². The molecule has 5 heteroatoms. The highest BCUT2D eigenvalue weighted by Gasteiger charge is 2.43. The highest BCUT2D eigenvalue weighted by molar-refractivity contribution is 5.92. The van der Waals surface area contributed by atoms with Crippen molar-refractivity contribution in [1.82, 2.24) is 14.8 Å². The molecule has 1 unspecified atom stereocenters. The summed E-state index contributed by atoms with van der Waals surface area (Å²) in [5.41, 5.74) is 1.69. The summed E-state index contributed by atoms with van der Waals surface area (Å²) >= 11 is 0. The Morgan fingerprint density at radius 2 is 1.66 bits per heavy atom. The van der Waals surface area contributed by atoms with E-state index in [-0.39, 0.29) is 17.9 Å². The van der Waals surface area contributed by atoms with E-state index in [1.807, 2.05) is 23.1 Å². The highest BCUT2D eigenvalue weighted by Crippen LogP contribution is 2.41. The van der Waals surface area contributed by atoms with Gasteiger partial charge in [-0.25, -0.2) is 0 Å². The topological polar surface area (TPSA) is 53.5 Å². The van der Waals surface area contributed by atoms with Gasteiger partial charge in [0.25, 0.3) is 5.91 Å². The number of nitrogens with zero attached hydrogens (tertiary/aromatic N) is 3. The highest BCUT2D eigenvalue weighted by atomic mass is 16.2. The summed E-state index contributed by atoms with van der Waals surface area (Å²) in [6.45, 7) is 2.27. The molecule has 0 N–H and O–H groups in total. The molecule has 1 aromatic heterocycles. The lowest BCUT2D eigenvalue weighted by Gasteiger charge is -2.48. The van der Waals surface area contributed by atoms with E-state index in [0.29, 0.717) is 30.0 Å². The third-order valence-corrected chi connectivity index (χ3v) is 7.82. The molecular formula is C27H33N3O2. The fourth-order valence-corrected chi connectivity index (χ4v) is 6.26. The smallest absolute Gasteiger partial charge is 0.272 e. The number of carbonyl (C=O) groups is 2. The molecule has 2 aliphatic heterocycles. The molecule has 32 heavy (non-hydrogen) atoms. The first-order chi connectivity index (χ1) is 15.7. The molecule has 3 fully saturated rings. The van der Waals surface area contributed by atoms with Gasteiger partial charge in [-0.3, -0.25) is 14.6 Å². The van der Waals surface area contributed by atoms with Crippen molar-refractivity contribution in [3.8, 4) is 0 Å². The molecule has 5 rings (SSSR count). The quantitative estimate of drug-likeness (QED) is 0.716. The summed E-state index contributed by atoms with van der Waals surface area (Å²) in [4.78, 5) is 35.3. The van der Waals surface area contributed by atoms with Crippen LogP contribution in [0.4, 0.5) is 0 Å². The standard InChI is InChI=1S/C27H33N3O2/c31-26(23-14-6-7-16-28-23)29-18-15-24-22(19-29)13-8-17-30(24)27(32)25(21-11-4-5-12-21)20-9-2-1-3-10-20/h1-3,6-7,9-10,14,16,21-22,24-25H,4-5,8,11-13,15,17-19H2/t22-,24+,25?/m1/s1. The molecule has 168 valence electrons. The van der Waals surface area contributed by atoms with Gasteiger partial charge in [-0.15, -0.1) is 0 Å². The van der Waals surface area contributed by atoms with Crippen LogP contribution in [0.5, 0.6) is 0 Å². The molecule has 0 radical (unpaired) electrons. The second-order valence-corrected chi connectivity index (χ2v) is 9.69. The second kappa shape index (κ2) is 9.43. The number of amides is 2. The molecule has 1 aromatic carbocycles. The van der Waals surface area contributed by atoms with E-state index in [1.165, 1.54) is 18.4 Å². The molecule has 1 aliphatic carbocycles. The predicted octanol–water partition coefficient (Wildman–Crippen LogP) is 4.51. The van der Waals surface area contributed by atoms with Gasteiger partial charge in [-0.2, -0.15) is 0 Å². The summed E-state index contributed by atoms with van der Waals surface area (Å²) in [5.74, 6) is 1.12. The summed E-state index contributed by atoms with van der Waals surface area (Å²) in [7, 11) is 0. The number of fused-ring (bicyclic) bond motifs is 1. The van der Waals surface area contributed by atoms with E-state index >= 15 is 0 Å². The first kappa shape index (κ1) is 21.2. The van der Waals surface area contributed by atoms with Gasteiger partial charge in [0.1, 0.15) is 5.69 Å². The summed E-state index contributed by atoms with van der Waals surface area (Å²) in [6, 6.07) is 16.2. The zero-order valence-electron chi connectivity index (χ0n) is 18.7. The predicted molar refractivity (Wildman–Crippen MR) is 124 cm³/mol. The van der Waals surface area contributed by atoms with Gasteiger partial charge in [-0.1, -0.05) is 49.2 Å². The summed E-state index contributed by atoms with van der Waals surface area (Å²) in [6.07, 6.45) is 9.41. The average molecular weight is 432 g/mol. The van der Waals surface area contributed by atoms with Crippen LogP contribution in [0.1, 0.15) is 66.9 Å². The van der Waals surface area contributed by atoms with Crippen LogP contribution in [0.25, 0.3) is 0 Å². The Morgan fingerprint density at radius 1 is 0.875 bits per heavy atom. The molecule has 2 amide bonds. The Hall–Kier alpha value is -2.69. The lowest BCUT2D eigenvalue weighted by atomic mass is 9.79. The number of likely N-dealkylation sites (tertiary alicyclic amines) is 2. The first-order valence-electron chi connectivity index (χ1n) is 12.3. The molecule has 2 aromatic rings. The van der Waals surface area contributed by atoms with Crippen molar-refractivity contribution in [2.75, 3.05) is 19.6 Å². The first-order valence-corrected chi connectivity index (χ1v) is 12.3. The third kappa shape index (κ3) is 4.17. The summed E-state index contributed by atoms with van der Waals surface area (Å²) < 4.78 is 0. The van der Waals surface area contributed by atoms with Crippen molar-refractivity contribution in [2.24, 2.45) is 11.8 Å². The Bertz CT molecular complexity index is 926. The maximum absolute atomic E-state index is 14.0. The monoisotopic (exact) mass is 431 g/mol. The van der Waals surface area contributed by atoms with Crippen molar-refractivity contribution in [1.29, 1.82) is 0 Å². The Kier molecular flexibility index (Phi) is 6.24. The van der Waals surface area contributed by atoms with E-state index in [1.54, 1.807) is 12.3 Å². The number of piperidine rings is 2. The molecular weight excluding hydrogens is 398 g/mol. The maximum atomic E-state index is 14.0. The zero-order valence-corrected chi connectivity index (χ0v) is 18.7. The Morgan fingerprint density at radius 3 is 2.41 bits per heavy atom. The average Bonchev–Trinajstić information content (AvgIpc) is 3.38. The number of carbonyl (C=O) groups excluding carboxylic acids is 2. The maximum Gasteiger partial charge on any atom is 0.272 e. The van der Waals surface area contributed by atoms with Crippen molar-refractivity contribution in [3.05, 3.63) is 66.0 Å². The lowest BCUT2D eigenvalue weighted by molar-refractivity contribution is -0.141. The van der Waals surface area contributed by atoms with Crippen LogP contribution >= 0.6 is 0 Å². The molecule has 2 saturated heterocycles. The van der Waals surface area contributed by atoms with Crippen LogP contribution in [0, 0.1) is 11.8 Å². The third-order valence-electron chi connectivity index (χ3n) is 7.82. The number of aromatic nitrogens is 1. The SMILES string of the molecule is O=C(c1ccccn1)N1CC[C@H]2[C@H](CCCN2C(=O)C(c2ccccc2)C2CCCC2)C1. The van der Waals surface area contributed by atoms with Crippen LogP contribution in [0.3, 0.4) is 0 Å². The zero-order chi connectivity index (χ0) is 21.9. The van der Waals surface area contributed by atoms with Crippen molar-refractivity contribution >= 4 is 11.8 Å². The van der Waals surface area contributed by atoms with Crippen LogP contribution < -0.4 is 0 Å². The molecule has 0 bridgehead atoms. The van der Waals surface area contributed by atoms with Gasteiger partial charge in [0.05, 0.1) is 5.92 Å². The molecule has 5 nitrogen and oxygen atoms in total. The molecule has 3 heterocycles. The Balaban J connectivity index is 1.33. The fraction of sp³-hybridized carbons (Fsp3) is 0.519. The van der Waals surface area contributed by atoms with E-state index < -0.39 is 0 Å². The minimum atomic E-state index is -0.0226. The van der Waals surface area contributed by atoms with Gasteiger partial charge in [0.15, 0.2) is 0 Å². The number of rotatable bonds is 4. The summed E-state index contributed by atoms with van der Waals surface area (Å²) in [5, 5.41) is 0. The molecule has 3 atom stereocenters. The van der Waals surface area contributed by atoms with Gasteiger partial charge >= 0.3 is 0 Å². The van der Waals surface area contributed by atoms with E-state index in [0.717, 1.165) is 45.2 Å². The second-order valence-electron chi connectivity index (χ2n) is 9.69.